The van der Waals surface area contributed by atoms with Gasteiger partial charge < -0.3 is 14.0 Å². The average Bonchev–Trinajstić information content (AvgIpc) is 2.70. The molecule has 1 aromatic rings. The van der Waals surface area contributed by atoms with Gasteiger partial charge in [0.1, 0.15) is 5.60 Å². The van der Waals surface area contributed by atoms with Crippen molar-refractivity contribution >= 4 is 24.4 Å². The van der Waals surface area contributed by atoms with Crippen LogP contribution in [0.4, 0.5) is 10.5 Å². The third-order valence-electron chi connectivity index (χ3n) is 4.98. The monoisotopic (exact) mass is 347 g/mol. The Hall–Kier alpha value is -1.53. The van der Waals surface area contributed by atoms with Gasteiger partial charge in [-0.05, 0) is 72.0 Å². The van der Waals surface area contributed by atoms with E-state index in [2.05, 4.69) is 33.0 Å². The number of anilines is 1. The molecule has 0 bridgehead atoms. The molecule has 1 aliphatic rings. The smallest absolute Gasteiger partial charge is 0.444 e. The number of nitrogens with one attached hydrogen (secondary N) is 1. The molecule has 1 atom stereocenters. The molecule has 1 N–H and O–H groups in total. The highest BCUT2D eigenvalue weighted by Gasteiger charge is 2.53. The van der Waals surface area contributed by atoms with Gasteiger partial charge in [0.15, 0.2) is 0 Å². The fourth-order valence-corrected chi connectivity index (χ4v) is 2.89. The minimum absolute atomic E-state index is 0.362. The summed E-state index contributed by atoms with van der Waals surface area (Å²) >= 11 is 0. The maximum absolute atomic E-state index is 12.1. The Bertz CT molecular complexity index is 653. The van der Waals surface area contributed by atoms with Crippen LogP contribution in [-0.2, 0) is 14.0 Å². The Balaban J connectivity index is 2.24. The molecule has 2 rings (SSSR count). The normalized spacial score (nSPS) is 22.8. The van der Waals surface area contributed by atoms with E-state index in [-0.39, 0.29) is 5.60 Å². The summed E-state index contributed by atoms with van der Waals surface area (Å²) in [6.07, 6.45) is 0.380. The first-order chi connectivity index (χ1) is 11.4. The Morgan fingerprint density at radius 1 is 1.24 bits per heavy atom. The van der Waals surface area contributed by atoms with Crippen LogP contribution in [0.2, 0.25) is 0 Å². The van der Waals surface area contributed by atoms with Gasteiger partial charge in [-0.25, -0.2) is 4.79 Å². The van der Waals surface area contributed by atoms with E-state index in [1.807, 2.05) is 45.9 Å². The fraction of sp³-hybridized carbons (Fsp3) is 0.632. The molecule has 1 unspecified atom stereocenters. The molecule has 1 amide bonds. The van der Waals surface area contributed by atoms with Crippen LogP contribution < -0.4 is 10.8 Å². The van der Waals surface area contributed by atoms with Gasteiger partial charge >= 0.3 is 13.2 Å². The zero-order valence-electron chi connectivity index (χ0n) is 16.6. The molecular formula is C19H30BNO4. The van der Waals surface area contributed by atoms with E-state index >= 15 is 0 Å². The third-order valence-corrected chi connectivity index (χ3v) is 4.98. The highest BCUT2D eigenvalue weighted by Crippen LogP contribution is 2.39. The van der Waals surface area contributed by atoms with Crippen molar-refractivity contribution in [2.45, 2.75) is 78.6 Å². The largest absolute Gasteiger partial charge is 0.495 e. The van der Waals surface area contributed by atoms with Crippen molar-refractivity contribution in [3.8, 4) is 0 Å². The summed E-state index contributed by atoms with van der Waals surface area (Å²) < 4.78 is 17.8. The molecule has 25 heavy (non-hydrogen) atoms. The molecule has 0 saturated carbocycles. The van der Waals surface area contributed by atoms with Gasteiger partial charge in [-0.15, -0.1) is 0 Å². The van der Waals surface area contributed by atoms with E-state index in [0.29, 0.717) is 5.69 Å². The van der Waals surface area contributed by atoms with Crippen LogP contribution in [0.15, 0.2) is 18.2 Å². The Kier molecular flexibility index (Phi) is 5.27. The highest BCUT2D eigenvalue weighted by molar-refractivity contribution is 6.62. The van der Waals surface area contributed by atoms with E-state index in [9.17, 15) is 4.79 Å². The van der Waals surface area contributed by atoms with E-state index < -0.39 is 24.4 Å². The van der Waals surface area contributed by atoms with Crippen molar-refractivity contribution in [3.63, 3.8) is 0 Å². The molecule has 0 radical (unpaired) electrons. The van der Waals surface area contributed by atoms with Crippen LogP contribution in [0, 0.1) is 6.92 Å². The topological polar surface area (TPSA) is 56.8 Å². The van der Waals surface area contributed by atoms with Gasteiger partial charge in [-0.3, -0.25) is 5.32 Å². The number of ether oxygens (including phenoxy) is 1. The highest BCUT2D eigenvalue weighted by atomic mass is 16.7. The molecule has 0 aliphatic carbocycles. The summed E-state index contributed by atoms with van der Waals surface area (Å²) in [7, 11) is -0.458. The van der Waals surface area contributed by atoms with Gasteiger partial charge in [0.05, 0.1) is 11.2 Å². The van der Waals surface area contributed by atoms with Crippen LogP contribution in [0.5, 0.6) is 0 Å². The molecule has 1 aliphatic heterocycles. The molecule has 1 aromatic carbocycles. The third kappa shape index (κ3) is 4.18. The van der Waals surface area contributed by atoms with Crippen molar-refractivity contribution in [3.05, 3.63) is 23.8 Å². The molecule has 6 heteroatoms. The van der Waals surface area contributed by atoms with Crippen LogP contribution in [0.3, 0.4) is 0 Å². The van der Waals surface area contributed by atoms with Crippen molar-refractivity contribution in [1.29, 1.82) is 0 Å². The second-order valence-corrected chi connectivity index (χ2v) is 8.31. The first-order valence-corrected chi connectivity index (χ1v) is 8.84. The summed E-state index contributed by atoms with van der Waals surface area (Å²) in [5.41, 5.74) is 1.22. The van der Waals surface area contributed by atoms with E-state index in [4.69, 9.17) is 14.0 Å². The lowest BCUT2D eigenvalue weighted by Crippen LogP contribution is -2.44. The van der Waals surface area contributed by atoms with Gasteiger partial charge in [-0.2, -0.15) is 0 Å². The number of hydrogen-bond donors (Lipinski definition) is 1. The van der Waals surface area contributed by atoms with Crippen LogP contribution >= 0.6 is 0 Å². The van der Waals surface area contributed by atoms with Crippen molar-refractivity contribution in [2.24, 2.45) is 0 Å². The van der Waals surface area contributed by atoms with E-state index in [0.717, 1.165) is 17.4 Å². The quantitative estimate of drug-likeness (QED) is 0.839. The minimum Gasteiger partial charge on any atom is -0.444 e. The van der Waals surface area contributed by atoms with Crippen LogP contribution in [-0.4, -0.2) is 30.0 Å². The lowest BCUT2D eigenvalue weighted by Gasteiger charge is -2.35. The first-order valence-electron chi connectivity index (χ1n) is 8.84. The number of rotatable bonds is 3. The minimum atomic E-state index is -0.541. The SMILES string of the molecule is CCC1(C)OB(c2cccc(NC(=O)OC(C)(C)C)c2C)OC1(C)C. The van der Waals surface area contributed by atoms with Crippen molar-refractivity contribution < 1.29 is 18.8 Å². The number of hydrogen-bond acceptors (Lipinski definition) is 4. The molecule has 1 heterocycles. The van der Waals surface area contributed by atoms with Crippen molar-refractivity contribution in [1.82, 2.24) is 0 Å². The second kappa shape index (κ2) is 6.65. The van der Waals surface area contributed by atoms with Gasteiger partial charge in [-0.1, -0.05) is 19.1 Å². The summed E-state index contributed by atoms with van der Waals surface area (Å²) in [6.45, 7) is 15.7. The first kappa shape index (κ1) is 19.8. The maximum Gasteiger partial charge on any atom is 0.495 e. The van der Waals surface area contributed by atoms with Crippen LogP contribution in [0.1, 0.15) is 60.5 Å². The summed E-state index contributed by atoms with van der Waals surface area (Å²) in [4.78, 5) is 12.1. The lowest BCUT2D eigenvalue weighted by atomic mass is 9.76. The van der Waals surface area contributed by atoms with E-state index in [1.165, 1.54) is 0 Å². The second-order valence-electron chi connectivity index (χ2n) is 8.31. The molecule has 138 valence electrons. The standard InChI is InChI=1S/C19H30BNO4/c1-9-19(8)18(6,7)24-20(25-19)14-11-10-12-15(13(14)2)21-16(22)23-17(3,4)5/h10-12H,9H2,1-8H3,(H,21,22). The molecule has 1 saturated heterocycles. The predicted molar refractivity (Wildman–Crippen MR) is 101 cm³/mol. The van der Waals surface area contributed by atoms with Crippen LogP contribution in [0.25, 0.3) is 0 Å². The Labute approximate surface area is 151 Å². The molecular weight excluding hydrogens is 317 g/mol. The number of amides is 1. The lowest BCUT2D eigenvalue weighted by molar-refractivity contribution is -0.0118. The molecule has 5 nitrogen and oxygen atoms in total. The average molecular weight is 347 g/mol. The molecule has 0 spiro atoms. The van der Waals surface area contributed by atoms with Gasteiger partial charge in [0.25, 0.3) is 0 Å². The molecule has 1 fully saturated rings. The number of carbonyl (C=O) groups excluding carboxylic acids is 1. The number of carbonyl (C=O) groups is 1. The molecule has 0 aromatic heterocycles. The zero-order valence-corrected chi connectivity index (χ0v) is 16.6. The van der Waals surface area contributed by atoms with E-state index in [1.54, 1.807) is 0 Å². The summed E-state index contributed by atoms with van der Waals surface area (Å²) in [5, 5.41) is 2.81. The zero-order chi connectivity index (χ0) is 19.0. The van der Waals surface area contributed by atoms with Gasteiger partial charge in [0, 0.05) is 5.69 Å². The Morgan fingerprint density at radius 3 is 2.40 bits per heavy atom. The van der Waals surface area contributed by atoms with Gasteiger partial charge in [0.2, 0.25) is 0 Å². The number of benzene rings is 1. The fourth-order valence-electron chi connectivity index (χ4n) is 2.89. The predicted octanol–water partition coefficient (Wildman–Crippen LogP) is 4.03. The maximum atomic E-state index is 12.1. The summed E-state index contributed by atoms with van der Waals surface area (Å²) in [5.74, 6) is 0. The van der Waals surface area contributed by atoms with Crippen molar-refractivity contribution in [2.75, 3.05) is 5.32 Å². The Morgan fingerprint density at radius 2 is 1.88 bits per heavy atom. The summed E-state index contributed by atoms with van der Waals surface area (Å²) in [6, 6.07) is 5.70.